The second-order valence-electron chi connectivity index (χ2n) is 5.30. The zero-order valence-corrected chi connectivity index (χ0v) is 11.1. The molecule has 1 atom stereocenters. The lowest BCUT2D eigenvalue weighted by molar-refractivity contribution is -0.142. The molecule has 0 fully saturated rings. The van der Waals surface area contributed by atoms with E-state index >= 15 is 0 Å². The molecular formula is C14H16N2O3. The first-order chi connectivity index (χ1) is 8.75. The summed E-state index contributed by atoms with van der Waals surface area (Å²) in [5, 5.41) is 20.4. The molecule has 0 aliphatic rings. The van der Waals surface area contributed by atoms with Crippen molar-refractivity contribution in [1.82, 2.24) is 5.32 Å². The largest absolute Gasteiger partial charge is 0.480 e. The van der Waals surface area contributed by atoms with Crippen molar-refractivity contribution >= 4 is 11.9 Å². The Balaban J connectivity index is 2.95. The van der Waals surface area contributed by atoms with Gasteiger partial charge < -0.3 is 10.4 Å². The molecule has 0 spiro atoms. The van der Waals surface area contributed by atoms with Crippen molar-refractivity contribution in [3.63, 3.8) is 0 Å². The predicted octanol–water partition coefficient (Wildman–Crippen LogP) is 1.79. The first-order valence-corrected chi connectivity index (χ1v) is 5.79. The van der Waals surface area contributed by atoms with Crippen LogP contribution in [0.4, 0.5) is 0 Å². The quantitative estimate of drug-likeness (QED) is 0.866. The van der Waals surface area contributed by atoms with E-state index in [1.807, 2.05) is 6.07 Å². The molecule has 5 nitrogen and oxygen atoms in total. The Kier molecular flexibility index (Phi) is 4.28. The summed E-state index contributed by atoms with van der Waals surface area (Å²) < 4.78 is 0. The average molecular weight is 260 g/mol. The molecule has 19 heavy (non-hydrogen) atoms. The summed E-state index contributed by atoms with van der Waals surface area (Å²) >= 11 is 0. The minimum atomic E-state index is -1.09. The Morgan fingerprint density at radius 1 is 1.37 bits per heavy atom. The third kappa shape index (κ3) is 3.81. The van der Waals surface area contributed by atoms with E-state index in [0.717, 1.165) is 0 Å². The van der Waals surface area contributed by atoms with Gasteiger partial charge in [0, 0.05) is 5.56 Å². The van der Waals surface area contributed by atoms with Gasteiger partial charge in [-0.05, 0) is 23.6 Å². The highest BCUT2D eigenvalue weighted by atomic mass is 16.4. The molecule has 100 valence electrons. The van der Waals surface area contributed by atoms with Crippen molar-refractivity contribution in [3.8, 4) is 6.07 Å². The Labute approximate surface area is 111 Å². The number of nitrogens with one attached hydrogen (secondary N) is 1. The lowest BCUT2D eigenvalue weighted by Crippen LogP contribution is -2.49. The van der Waals surface area contributed by atoms with Crippen LogP contribution in [-0.4, -0.2) is 23.0 Å². The molecule has 0 saturated carbocycles. The van der Waals surface area contributed by atoms with Crippen molar-refractivity contribution in [2.45, 2.75) is 26.8 Å². The molecule has 1 amide bonds. The molecule has 1 aromatic rings. The van der Waals surface area contributed by atoms with Gasteiger partial charge in [-0.2, -0.15) is 5.26 Å². The Bertz CT molecular complexity index is 538. The van der Waals surface area contributed by atoms with E-state index in [0.29, 0.717) is 5.56 Å². The number of carboxylic acid groups (broad SMARTS) is 1. The van der Waals surface area contributed by atoms with Gasteiger partial charge in [-0.25, -0.2) is 4.79 Å². The topological polar surface area (TPSA) is 90.2 Å². The van der Waals surface area contributed by atoms with Crippen molar-refractivity contribution < 1.29 is 14.7 Å². The molecule has 1 rings (SSSR count). The van der Waals surface area contributed by atoms with Crippen molar-refractivity contribution in [3.05, 3.63) is 35.4 Å². The number of aliphatic carboxylic acids is 1. The van der Waals surface area contributed by atoms with E-state index < -0.39 is 23.3 Å². The summed E-state index contributed by atoms with van der Waals surface area (Å²) in [4.78, 5) is 23.2. The minimum absolute atomic E-state index is 0.273. The van der Waals surface area contributed by atoms with Gasteiger partial charge >= 0.3 is 5.97 Å². The van der Waals surface area contributed by atoms with E-state index in [2.05, 4.69) is 5.32 Å². The third-order valence-corrected chi connectivity index (χ3v) is 2.64. The van der Waals surface area contributed by atoms with Crippen molar-refractivity contribution in [2.24, 2.45) is 5.41 Å². The van der Waals surface area contributed by atoms with E-state index in [4.69, 9.17) is 10.4 Å². The van der Waals surface area contributed by atoms with Gasteiger partial charge in [0.05, 0.1) is 11.6 Å². The summed E-state index contributed by atoms with van der Waals surface area (Å²) in [5.41, 5.74) is 0.0266. The van der Waals surface area contributed by atoms with Gasteiger partial charge in [-0.15, -0.1) is 0 Å². The molecular weight excluding hydrogens is 244 g/mol. The molecule has 0 bridgehead atoms. The first kappa shape index (κ1) is 14.7. The summed E-state index contributed by atoms with van der Waals surface area (Å²) in [6.45, 7) is 5.20. The molecule has 0 aliphatic carbocycles. The van der Waals surface area contributed by atoms with E-state index in [9.17, 15) is 9.59 Å². The second kappa shape index (κ2) is 5.53. The van der Waals surface area contributed by atoms with Crippen LogP contribution in [0, 0.1) is 16.7 Å². The van der Waals surface area contributed by atoms with E-state index in [-0.39, 0.29) is 5.56 Å². The van der Waals surface area contributed by atoms with Crippen LogP contribution >= 0.6 is 0 Å². The Morgan fingerprint density at radius 2 is 2.00 bits per heavy atom. The highest BCUT2D eigenvalue weighted by molar-refractivity contribution is 5.97. The van der Waals surface area contributed by atoms with Crippen molar-refractivity contribution in [1.29, 1.82) is 5.26 Å². The number of benzene rings is 1. The van der Waals surface area contributed by atoms with Gasteiger partial charge in [-0.1, -0.05) is 26.8 Å². The molecule has 0 saturated heterocycles. The second-order valence-corrected chi connectivity index (χ2v) is 5.30. The SMILES string of the molecule is CC(C)(C)C(NC(=O)c1cccc(C#N)c1)C(=O)O. The predicted molar refractivity (Wildman–Crippen MR) is 69.5 cm³/mol. The number of rotatable bonds is 3. The van der Waals surface area contributed by atoms with Gasteiger partial charge in [0.1, 0.15) is 6.04 Å². The highest BCUT2D eigenvalue weighted by Crippen LogP contribution is 2.20. The maximum atomic E-state index is 12.0. The zero-order chi connectivity index (χ0) is 14.6. The van der Waals surface area contributed by atoms with E-state index in [1.54, 1.807) is 32.9 Å². The van der Waals surface area contributed by atoms with Gasteiger partial charge in [0.2, 0.25) is 0 Å². The Morgan fingerprint density at radius 3 is 2.47 bits per heavy atom. The molecule has 1 unspecified atom stereocenters. The standard InChI is InChI=1S/C14H16N2O3/c1-14(2,3)11(13(18)19)16-12(17)10-6-4-5-9(7-10)8-15/h4-7,11H,1-3H3,(H,16,17)(H,18,19). The number of hydrogen-bond acceptors (Lipinski definition) is 3. The number of carboxylic acids is 1. The fraction of sp³-hybridized carbons (Fsp3) is 0.357. The molecule has 0 aromatic heterocycles. The third-order valence-electron chi connectivity index (χ3n) is 2.64. The van der Waals surface area contributed by atoms with Crippen LogP contribution in [0.3, 0.4) is 0 Å². The molecule has 5 heteroatoms. The van der Waals surface area contributed by atoms with Crippen LogP contribution in [0.25, 0.3) is 0 Å². The van der Waals surface area contributed by atoms with Gasteiger partial charge in [0.15, 0.2) is 0 Å². The van der Waals surface area contributed by atoms with Gasteiger partial charge in [-0.3, -0.25) is 4.79 Å². The van der Waals surface area contributed by atoms with Crippen LogP contribution in [0.15, 0.2) is 24.3 Å². The first-order valence-electron chi connectivity index (χ1n) is 5.79. The lowest BCUT2D eigenvalue weighted by atomic mass is 9.86. The minimum Gasteiger partial charge on any atom is -0.480 e. The van der Waals surface area contributed by atoms with Crippen LogP contribution in [0.2, 0.25) is 0 Å². The molecule has 1 aromatic carbocycles. The van der Waals surface area contributed by atoms with Crippen LogP contribution < -0.4 is 5.32 Å². The number of carbonyl (C=O) groups is 2. The number of amides is 1. The highest BCUT2D eigenvalue weighted by Gasteiger charge is 2.32. The molecule has 0 radical (unpaired) electrons. The van der Waals surface area contributed by atoms with Crippen LogP contribution in [0.1, 0.15) is 36.7 Å². The lowest BCUT2D eigenvalue weighted by Gasteiger charge is -2.27. The number of nitrogens with zero attached hydrogens (tertiary/aromatic N) is 1. The smallest absolute Gasteiger partial charge is 0.326 e. The summed E-state index contributed by atoms with van der Waals surface area (Å²) in [6.07, 6.45) is 0. The van der Waals surface area contributed by atoms with E-state index in [1.165, 1.54) is 12.1 Å². The molecule has 0 aliphatic heterocycles. The fourth-order valence-corrected chi connectivity index (χ4v) is 1.59. The van der Waals surface area contributed by atoms with Crippen molar-refractivity contribution in [2.75, 3.05) is 0 Å². The monoisotopic (exact) mass is 260 g/mol. The number of carbonyl (C=O) groups excluding carboxylic acids is 1. The maximum Gasteiger partial charge on any atom is 0.326 e. The molecule has 2 N–H and O–H groups in total. The van der Waals surface area contributed by atoms with Gasteiger partial charge in [0.25, 0.3) is 5.91 Å². The summed E-state index contributed by atoms with van der Waals surface area (Å²) in [7, 11) is 0. The fourth-order valence-electron chi connectivity index (χ4n) is 1.59. The zero-order valence-electron chi connectivity index (χ0n) is 11.1. The number of hydrogen-bond donors (Lipinski definition) is 2. The Hall–Kier alpha value is -2.35. The normalized spacial score (nSPS) is 12.3. The average Bonchev–Trinajstić information content (AvgIpc) is 2.33. The van der Waals surface area contributed by atoms with Crippen LogP contribution in [-0.2, 0) is 4.79 Å². The molecule has 0 heterocycles. The summed E-state index contributed by atoms with van der Waals surface area (Å²) in [6, 6.07) is 7.07. The number of nitriles is 1. The maximum absolute atomic E-state index is 12.0. The summed E-state index contributed by atoms with van der Waals surface area (Å²) in [5.74, 6) is -1.59. The van der Waals surface area contributed by atoms with Crippen LogP contribution in [0.5, 0.6) is 0 Å².